The summed E-state index contributed by atoms with van der Waals surface area (Å²) in [4.78, 5) is 25.0. The average Bonchev–Trinajstić information content (AvgIpc) is 3.22. The molecule has 0 unspecified atom stereocenters. The molecule has 0 aliphatic heterocycles. The first-order chi connectivity index (χ1) is 15.9. The van der Waals surface area contributed by atoms with Gasteiger partial charge in [-0.1, -0.05) is 40.7 Å². The summed E-state index contributed by atoms with van der Waals surface area (Å²) in [5.41, 5.74) is 4.64. The predicted molar refractivity (Wildman–Crippen MR) is 127 cm³/mol. The summed E-state index contributed by atoms with van der Waals surface area (Å²) in [6.45, 7) is 2.07. The second-order valence-corrected chi connectivity index (χ2v) is 8.57. The summed E-state index contributed by atoms with van der Waals surface area (Å²) in [6, 6.07) is 18.7. The Morgan fingerprint density at radius 2 is 1.94 bits per heavy atom. The van der Waals surface area contributed by atoms with Crippen LogP contribution < -0.4 is 5.43 Å². The maximum absolute atomic E-state index is 12.9. The molecule has 0 aliphatic carbocycles. The summed E-state index contributed by atoms with van der Waals surface area (Å²) < 4.78 is 1.68. The molecule has 11 heteroatoms. The van der Waals surface area contributed by atoms with Crippen LogP contribution in [0, 0.1) is 10.1 Å². The molecular weight excluding hydrogens is 464 g/mol. The monoisotopic (exact) mass is 480 g/mol. The van der Waals surface area contributed by atoms with E-state index in [1.165, 1.54) is 23.9 Å². The lowest BCUT2D eigenvalue weighted by Crippen LogP contribution is -2.21. The van der Waals surface area contributed by atoms with Crippen molar-refractivity contribution in [1.29, 1.82) is 0 Å². The zero-order valence-electron chi connectivity index (χ0n) is 17.3. The van der Waals surface area contributed by atoms with Gasteiger partial charge < -0.3 is 0 Å². The minimum atomic E-state index is -0.557. The van der Waals surface area contributed by atoms with E-state index in [9.17, 15) is 14.9 Å². The molecule has 4 aromatic rings. The summed E-state index contributed by atoms with van der Waals surface area (Å²) in [6.07, 6.45) is 0. The number of nitrogens with zero attached hydrogens (tertiary/aromatic N) is 5. The van der Waals surface area contributed by atoms with Crippen molar-refractivity contribution in [3.8, 4) is 0 Å². The number of nitro benzene ring substituents is 1. The molecule has 33 heavy (non-hydrogen) atoms. The van der Waals surface area contributed by atoms with Gasteiger partial charge in [-0.15, -0.1) is 5.10 Å². The van der Waals surface area contributed by atoms with E-state index >= 15 is 0 Å². The van der Waals surface area contributed by atoms with E-state index in [1.807, 2.05) is 24.3 Å². The number of non-ortho nitro benzene ring substituents is 1. The number of carbonyl (C=O) groups excluding carboxylic acids is 1. The van der Waals surface area contributed by atoms with Gasteiger partial charge in [-0.2, -0.15) is 5.10 Å². The van der Waals surface area contributed by atoms with Crippen LogP contribution in [0.3, 0.4) is 0 Å². The molecule has 0 atom stereocenters. The van der Waals surface area contributed by atoms with Gasteiger partial charge in [0, 0.05) is 26.9 Å². The number of para-hydroxylation sites is 1. The van der Waals surface area contributed by atoms with Gasteiger partial charge in [0.1, 0.15) is 5.52 Å². The second kappa shape index (κ2) is 9.80. The molecule has 0 bridgehead atoms. The number of halogens is 1. The van der Waals surface area contributed by atoms with Crippen molar-refractivity contribution in [2.45, 2.75) is 23.3 Å². The Morgan fingerprint density at radius 1 is 1.18 bits per heavy atom. The van der Waals surface area contributed by atoms with Crippen LogP contribution in [0.2, 0.25) is 5.02 Å². The van der Waals surface area contributed by atoms with Gasteiger partial charge in [-0.25, -0.2) is 10.1 Å². The Hall–Kier alpha value is -3.76. The summed E-state index contributed by atoms with van der Waals surface area (Å²) in [5, 5.41) is 24.2. The number of carbonyl (C=O) groups is 1. The fourth-order valence-corrected chi connectivity index (χ4v) is 4.07. The normalized spacial score (nSPS) is 11.5. The van der Waals surface area contributed by atoms with Gasteiger partial charge in [-0.05, 0) is 49.4 Å². The highest BCUT2D eigenvalue weighted by Crippen LogP contribution is 2.33. The number of rotatable bonds is 7. The summed E-state index contributed by atoms with van der Waals surface area (Å²) in [5.74, 6) is -0.557. The van der Waals surface area contributed by atoms with Gasteiger partial charge in [0.25, 0.3) is 11.6 Å². The first-order valence-electron chi connectivity index (χ1n) is 9.74. The van der Waals surface area contributed by atoms with Crippen molar-refractivity contribution in [2.75, 3.05) is 0 Å². The molecular formula is C22H17ClN6O3S. The number of aromatic nitrogens is 3. The molecule has 3 aromatic carbocycles. The van der Waals surface area contributed by atoms with Crippen LogP contribution in [0.4, 0.5) is 5.69 Å². The Morgan fingerprint density at radius 3 is 2.70 bits per heavy atom. The summed E-state index contributed by atoms with van der Waals surface area (Å²) in [7, 11) is 0. The number of fused-ring (bicyclic) bond motifs is 1. The van der Waals surface area contributed by atoms with Crippen LogP contribution in [-0.4, -0.2) is 31.5 Å². The van der Waals surface area contributed by atoms with Crippen LogP contribution in [0.15, 0.2) is 81.6 Å². The van der Waals surface area contributed by atoms with E-state index < -0.39 is 10.8 Å². The maximum Gasteiger partial charge on any atom is 0.272 e. The largest absolute Gasteiger partial charge is 0.272 e. The molecule has 0 aliphatic rings. The molecule has 0 saturated heterocycles. The van der Waals surface area contributed by atoms with Crippen molar-refractivity contribution in [3.63, 3.8) is 0 Å². The molecule has 0 fully saturated rings. The molecule has 166 valence electrons. The van der Waals surface area contributed by atoms with Crippen LogP contribution in [-0.2, 0) is 6.54 Å². The van der Waals surface area contributed by atoms with Gasteiger partial charge in [0.2, 0.25) is 0 Å². The van der Waals surface area contributed by atoms with Crippen LogP contribution in [0.1, 0.15) is 17.3 Å². The van der Waals surface area contributed by atoms with Crippen LogP contribution >= 0.6 is 23.4 Å². The quantitative estimate of drug-likeness (QED) is 0.227. The van der Waals surface area contributed by atoms with Gasteiger partial charge >= 0.3 is 0 Å². The molecule has 0 spiro atoms. The van der Waals surface area contributed by atoms with E-state index in [4.69, 9.17) is 11.6 Å². The highest BCUT2D eigenvalue weighted by atomic mass is 35.5. The smallest absolute Gasteiger partial charge is 0.267 e. The van der Waals surface area contributed by atoms with Crippen molar-refractivity contribution in [3.05, 3.63) is 87.4 Å². The summed E-state index contributed by atoms with van der Waals surface area (Å²) >= 11 is 7.23. The zero-order chi connectivity index (χ0) is 23.4. The Balaban J connectivity index is 1.54. The van der Waals surface area contributed by atoms with Crippen LogP contribution in [0.25, 0.3) is 11.0 Å². The average molecular weight is 481 g/mol. The Kier molecular flexibility index (Phi) is 6.66. The van der Waals surface area contributed by atoms with E-state index in [1.54, 1.807) is 41.9 Å². The highest BCUT2D eigenvalue weighted by Gasteiger charge is 2.18. The van der Waals surface area contributed by atoms with E-state index in [0.29, 0.717) is 22.2 Å². The van der Waals surface area contributed by atoms with Gasteiger partial charge in [0.15, 0.2) is 0 Å². The minimum absolute atomic E-state index is 0.145. The van der Waals surface area contributed by atoms with Gasteiger partial charge in [0.05, 0.1) is 28.3 Å². The number of nitrogens with one attached hydrogen (secondary N) is 1. The Labute approximate surface area is 197 Å². The highest BCUT2D eigenvalue weighted by molar-refractivity contribution is 7.99. The molecule has 1 N–H and O–H groups in total. The molecule has 1 amide bonds. The third-order valence-corrected chi connectivity index (χ3v) is 5.94. The SMILES string of the molecule is C/C(Cn1nnc2ccccc21)=N/NC(=O)c1cc([N+](=O)[O-])ccc1Sc1ccc(Cl)cc1. The van der Waals surface area contributed by atoms with Crippen molar-refractivity contribution < 1.29 is 9.72 Å². The topological polar surface area (TPSA) is 115 Å². The van der Waals surface area contributed by atoms with E-state index in [2.05, 4.69) is 20.8 Å². The third-order valence-electron chi connectivity index (χ3n) is 4.61. The Bertz CT molecular complexity index is 1370. The first-order valence-corrected chi connectivity index (χ1v) is 10.9. The fourth-order valence-electron chi connectivity index (χ4n) is 3.02. The number of benzene rings is 3. The van der Waals surface area contributed by atoms with E-state index in [-0.39, 0.29) is 11.3 Å². The lowest BCUT2D eigenvalue weighted by molar-refractivity contribution is -0.384. The molecule has 4 rings (SSSR count). The molecule has 0 saturated carbocycles. The predicted octanol–water partition coefficient (Wildman–Crippen LogP) is 4.95. The van der Waals surface area contributed by atoms with Crippen molar-refractivity contribution in [1.82, 2.24) is 20.4 Å². The molecule has 1 aromatic heterocycles. The maximum atomic E-state index is 12.9. The standard InChI is InChI=1S/C22H17ClN6O3S/c1-14(13-28-20-5-3-2-4-19(20)25-27-28)24-26-22(30)18-12-16(29(31)32)8-11-21(18)33-17-9-6-15(23)7-10-17/h2-12H,13H2,1H3,(H,26,30)/b24-14-. The first kappa shape index (κ1) is 22.4. The number of amides is 1. The van der Waals surface area contributed by atoms with E-state index in [0.717, 1.165) is 15.9 Å². The lowest BCUT2D eigenvalue weighted by atomic mass is 10.2. The van der Waals surface area contributed by atoms with Crippen LogP contribution in [0.5, 0.6) is 0 Å². The number of nitro groups is 1. The lowest BCUT2D eigenvalue weighted by Gasteiger charge is -2.09. The minimum Gasteiger partial charge on any atom is -0.267 e. The fraction of sp³-hybridized carbons (Fsp3) is 0.0909. The molecule has 9 nitrogen and oxygen atoms in total. The number of hydrogen-bond donors (Lipinski definition) is 1. The molecule has 0 radical (unpaired) electrons. The number of hydrogen-bond acceptors (Lipinski definition) is 7. The second-order valence-electron chi connectivity index (χ2n) is 7.02. The zero-order valence-corrected chi connectivity index (χ0v) is 18.9. The molecule has 1 heterocycles. The van der Waals surface area contributed by atoms with Crippen molar-refractivity contribution >= 4 is 51.7 Å². The van der Waals surface area contributed by atoms with Gasteiger partial charge in [-0.3, -0.25) is 14.9 Å². The van der Waals surface area contributed by atoms with Crippen molar-refractivity contribution in [2.24, 2.45) is 5.10 Å². The third kappa shape index (κ3) is 5.36. The number of hydrazone groups is 1.